The highest BCUT2D eigenvalue weighted by Crippen LogP contribution is 2.13. The molecule has 1 amide bonds. The van der Waals surface area contributed by atoms with Crippen molar-refractivity contribution in [2.45, 2.75) is 26.1 Å². The molecule has 118 valence electrons. The number of alkyl halides is 4. The molecular weight excluding hydrogens is 313 g/mol. The summed E-state index contributed by atoms with van der Waals surface area (Å²) in [4.78, 5) is 24.0. The van der Waals surface area contributed by atoms with Gasteiger partial charge in [0.1, 0.15) is 5.88 Å². The van der Waals surface area contributed by atoms with Crippen molar-refractivity contribution in [3.63, 3.8) is 0 Å². The maximum atomic E-state index is 10.9. The minimum atomic E-state index is -5.08. The smallest absolute Gasteiger partial charge is 0.475 e. The summed E-state index contributed by atoms with van der Waals surface area (Å²) in [6.45, 7) is 2.51. The van der Waals surface area contributed by atoms with Gasteiger partial charge in [-0.05, 0) is 18.1 Å². The summed E-state index contributed by atoms with van der Waals surface area (Å²) in [7, 11) is 0. The fourth-order valence-electron chi connectivity index (χ4n) is 1.18. The Hall–Kier alpha value is -1.83. The number of aromatic nitrogens is 1. The SMILES string of the molecule is CCc1cccnc1CNC(=O)CCl.O=C(O)C(F)(F)F. The first kappa shape index (κ1) is 19.2. The van der Waals surface area contributed by atoms with E-state index in [1.807, 2.05) is 12.1 Å². The number of pyridine rings is 1. The summed E-state index contributed by atoms with van der Waals surface area (Å²) < 4.78 is 31.7. The Morgan fingerprint density at radius 2 is 2.00 bits per heavy atom. The summed E-state index contributed by atoms with van der Waals surface area (Å²) in [5.74, 6) is -2.93. The second-order valence-electron chi connectivity index (χ2n) is 3.68. The van der Waals surface area contributed by atoms with Gasteiger partial charge >= 0.3 is 12.1 Å². The van der Waals surface area contributed by atoms with E-state index in [1.54, 1.807) is 6.20 Å². The van der Waals surface area contributed by atoms with Crippen LogP contribution in [0.2, 0.25) is 0 Å². The summed E-state index contributed by atoms with van der Waals surface area (Å²) in [6.07, 6.45) is -2.44. The van der Waals surface area contributed by atoms with Gasteiger partial charge in [-0.15, -0.1) is 11.6 Å². The maximum absolute atomic E-state index is 10.9. The number of carbonyl (C=O) groups is 2. The minimum Gasteiger partial charge on any atom is -0.475 e. The molecular formula is C12H14ClF3N2O3. The Morgan fingerprint density at radius 3 is 2.43 bits per heavy atom. The third-order valence-corrected chi connectivity index (χ3v) is 2.43. The van der Waals surface area contributed by atoms with Gasteiger partial charge in [0, 0.05) is 6.20 Å². The first-order chi connectivity index (χ1) is 9.72. The summed E-state index contributed by atoms with van der Waals surface area (Å²) in [6, 6.07) is 3.90. The first-order valence-electron chi connectivity index (χ1n) is 5.77. The number of carboxylic acids is 1. The van der Waals surface area contributed by atoms with E-state index in [2.05, 4.69) is 17.2 Å². The van der Waals surface area contributed by atoms with E-state index in [-0.39, 0.29) is 11.8 Å². The number of amides is 1. The van der Waals surface area contributed by atoms with Gasteiger partial charge < -0.3 is 10.4 Å². The van der Waals surface area contributed by atoms with Crippen molar-refractivity contribution in [2.24, 2.45) is 0 Å². The number of carbonyl (C=O) groups excluding carboxylic acids is 1. The number of hydrogen-bond donors (Lipinski definition) is 2. The molecule has 0 aliphatic carbocycles. The average Bonchev–Trinajstić information content (AvgIpc) is 2.44. The largest absolute Gasteiger partial charge is 0.490 e. The number of aliphatic carboxylic acids is 1. The Balaban J connectivity index is 0.000000486. The second-order valence-corrected chi connectivity index (χ2v) is 3.94. The van der Waals surface area contributed by atoms with Crippen LogP contribution in [0, 0.1) is 0 Å². The number of carboxylic acid groups (broad SMARTS) is 1. The maximum Gasteiger partial charge on any atom is 0.490 e. The third kappa shape index (κ3) is 8.13. The molecule has 0 saturated carbocycles. The molecule has 5 nitrogen and oxygen atoms in total. The van der Waals surface area contributed by atoms with Crippen LogP contribution < -0.4 is 5.32 Å². The van der Waals surface area contributed by atoms with Crippen LogP contribution >= 0.6 is 11.6 Å². The standard InChI is InChI=1S/C10H13ClN2O.C2HF3O2/c1-2-8-4-3-5-12-9(8)7-13-10(14)6-11;3-2(4,5)1(6)7/h3-5H,2,6-7H2,1H3,(H,13,14);(H,6,7). The van der Waals surface area contributed by atoms with Crippen LogP contribution in [0.5, 0.6) is 0 Å². The summed E-state index contributed by atoms with van der Waals surface area (Å²) >= 11 is 5.36. The fraction of sp³-hybridized carbons (Fsp3) is 0.417. The van der Waals surface area contributed by atoms with Crippen LogP contribution in [0.1, 0.15) is 18.2 Å². The number of hydrogen-bond acceptors (Lipinski definition) is 3. The molecule has 0 saturated heterocycles. The molecule has 0 radical (unpaired) electrons. The molecule has 0 unspecified atom stereocenters. The highest BCUT2D eigenvalue weighted by molar-refractivity contribution is 6.27. The Bertz CT molecular complexity index is 481. The third-order valence-electron chi connectivity index (χ3n) is 2.18. The molecule has 0 bridgehead atoms. The summed E-state index contributed by atoms with van der Waals surface area (Å²) in [5, 5.41) is 9.81. The van der Waals surface area contributed by atoms with E-state index in [1.165, 1.54) is 0 Å². The van der Waals surface area contributed by atoms with E-state index in [0.717, 1.165) is 17.7 Å². The molecule has 0 spiro atoms. The second kappa shape index (κ2) is 9.17. The molecule has 2 N–H and O–H groups in total. The molecule has 1 aromatic heterocycles. The molecule has 0 atom stereocenters. The molecule has 0 aliphatic heterocycles. The molecule has 1 aromatic rings. The average molecular weight is 327 g/mol. The number of nitrogens with one attached hydrogen (secondary N) is 1. The van der Waals surface area contributed by atoms with E-state index in [4.69, 9.17) is 21.5 Å². The fourth-order valence-corrected chi connectivity index (χ4v) is 1.28. The predicted octanol–water partition coefficient (Wildman–Crippen LogP) is 2.13. The number of nitrogens with zero attached hydrogens (tertiary/aromatic N) is 1. The van der Waals surface area contributed by atoms with E-state index < -0.39 is 12.1 Å². The minimum absolute atomic E-state index is 0.00566. The van der Waals surface area contributed by atoms with Crippen molar-refractivity contribution in [3.8, 4) is 0 Å². The lowest BCUT2D eigenvalue weighted by atomic mass is 10.1. The van der Waals surface area contributed by atoms with Gasteiger partial charge in [-0.25, -0.2) is 4.79 Å². The normalized spacial score (nSPS) is 10.3. The topological polar surface area (TPSA) is 79.3 Å². The van der Waals surface area contributed by atoms with Crippen molar-refractivity contribution in [1.82, 2.24) is 10.3 Å². The molecule has 9 heteroatoms. The molecule has 0 aromatic carbocycles. The van der Waals surface area contributed by atoms with Crippen LogP contribution in [0.3, 0.4) is 0 Å². The molecule has 1 rings (SSSR count). The van der Waals surface area contributed by atoms with Crippen molar-refractivity contribution in [1.29, 1.82) is 0 Å². The first-order valence-corrected chi connectivity index (χ1v) is 6.31. The monoisotopic (exact) mass is 326 g/mol. The number of halogens is 4. The zero-order valence-corrected chi connectivity index (χ0v) is 11.8. The Morgan fingerprint density at radius 1 is 1.43 bits per heavy atom. The summed E-state index contributed by atoms with van der Waals surface area (Å²) in [5.41, 5.74) is 2.07. The highest BCUT2D eigenvalue weighted by atomic mass is 35.5. The van der Waals surface area contributed by atoms with Gasteiger partial charge in [0.15, 0.2) is 0 Å². The van der Waals surface area contributed by atoms with Crippen molar-refractivity contribution in [2.75, 3.05) is 5.88 Å². The molecule has 0 aliphatic rings. The van der Waals surface area contributed by atoms with Crippen molar-refractivity contribution < 1.29 is 27.9 Å². The zero-order chi connectivity index (χ0) is 16.5. The van der Waals surface area contributed by atoms with Gasteiger partial charge in [0.25, 0.3) is 0 Å². The van der Waals surface area contributed by atoms with Gasteiger partial charge in [-0.1, -0.05) is 13.0 Å². The van der Waals surface area contributed by atoms with Crippen LogP contribution in [0.4, 0.5) is 13.2 Å². The molecule has 0 fully saturated rings. The van der Waals surface area contributed by atoms with Crippen LogP contribution in [0.15, 0.2) is 18.3 Å². The lowest BCUT2D eigenvalue weighted by Crippen LogP contribution is -2.24. The molecule has 21 heavy (non-hydrogen) atoms. The number of rotatable bonds is 4. The van der Waals surface area contributed by atoms with E-state index in [0.29, 0.717) is 6.54 Å². The lowest BCUT2D eigenvalue weighted by molar-refractivity contribution is -0.192. The van der Waals surface area contributed by atoms with Gasteiger partial charge in [-0.2, -0.15) is 13.2 Å². The predicted molar refractivity (Wildman–Crippen MR) is 69.9 cm³/mol. The van der Waals surface area contributed by atoms with Crippen LogP contribution in [-0.2, 0) is 22.6 Å². The molecule has 1 heterocycles. The van der Waals surface area contributed by atoms with E-state index >= 15 is 0 Å². The van der Waals surface area contributed by atoms with Crippen LogP contribution in [-0.4, -0.2) is 34.0 Å². The quantitative estimate of drug-likeness (QED) is 0.831. The lowest BCUT2D eigenvalue weighted by Gasteiger charge is -2.06. The van der Waals surface area contributed by atoms with Gasteiger partial charge in [0.05, 0.1) is 12.2 Å². The Kier molecular flexibility index (Phi) is 8.37. The van der Waals surface area contributed by atoms with Crippen molar-refractivity contribution in [3.05, 3.63) is 29.6 Å². The van der Waals surface area contributed by atoms with E-state index in [9.17, 15) is 18.0 Å². The number of aryl methyl sites for hydroxylation is 1. The highest BCUT2D eigenvalue weighted by Gasteiger charge is 2.38. The van der Waals surface area contributed by atoms with Crippen LogP contribution in [0.25, 0.3) is 0 Å². The zero-order valence-electron chi connectivity index (χ0n) is 11.1. The van der Waals surface area contributed by atoms with Gasteiger partial charge in [0.2, 0.25) is 5.91 Å². The van der Waals surface area contributed by atoms with Crippen molar-refractivity contribution >= 4 is 23.5 Å². The Labute approximate surface area is 124 Å². The van der Waals surface area contributed by atoms with Gasteiger partial charge in [-0.3, -0.25) is 9.78 Å².